The summed E-state index contributed by atoms with van der Waals surface area (Å²) in [5, 5.41) is 11.6. The van der Waals surface area contributed by atoms with Gasteiger partial charge >= 0.3 is 5.97 Å². The molecule has 3 aromatic rings. The van der Waals surface area contributed by atoms with E-state index in [1.165, 1.54) is 41.2 Å². The van der Waals surface area contributed by atoms with Crippen LogP contribution in [0.3, 0.4) is 0 Å². The lowest BCUT2D eigenvalue weighted by atomic mass is 9.79. The number of rotatable bonds is 6. The van der Waals surface area contributed by atoms with Gasteiger partial charge in [0.15, 0.2) is 0 Å². The van der Waals surface area contributed by atoms with E-state index in [2.05, 4.69) is 71.6 Å². The van der Waals surface area contributed by atoms with Crippen LogP contribution in [-0.2, 0) is 16.9 Å². The van der Waals surface area contributed by atoms with Crippen LogP contribution < -0.4 is 4.74 Å². The number of benzene rings is 3. The molecule has 1 N–H and O–H groups in total. The van der Waals surface area contributed by atoms with E-state index in [0.717, 1.165) is 51.1 Å². The second kappa shape index (κ2) is 9.56. The zero-order valence-electron chi connectivity index (χ0n) is 19.2. The molecule has 1 aliphatic carbocycles. The minimum Gasteiger partial charge on any atom is -0.483 e. The van der Waals surface area contributed by atoms with Gasteiger partial charge in [-0.15, -0.1) is 0 Å². The Morgan fingerprint density at radius 1 is 0.909 bits per heavy atom. The van der Waals surface area contributed by atoms with E-state index >= 15 is 0 Å². The average Bonchev–Trinajstić information content (AvgIpc) is 2.85. The first-order valence-corrected chi connectivity index (χ1v) is 12.3. The number of carboxylic acid groups (broad SMARTS) is 1. The normalized spacial score (nSPS) is 19.4. The standard InChI is InChI=1S/C29H33NO3/c31-28(32)23-13-17-30(18-14-23)21-22-9-10-25-20-27(12-11-24(25)19-22)33-29(15-5-2-6-16-29)26-7-3-1-4-8-26/h1,3-4,7-12,19-20,23H,2,5-6,13-18,21H2,(H,31,32). The Bertz CT molecular complexity index is 1100. The van der Waals surface area contributed by atoms with Crippen molar-refractivity contribution < 1.29 is 14.6 Å². The fourth-order valence-electron chi connectivity index (χ4n) is 5.57. The van der Waals surface area contributed by atoms with E-state index in [0.29, 0.717) is 0 Å². The molecule has 33 heavy (non-hydrogen) atoms. The summed E-state index contributed by atoms with van der Waals surface area (Å²) in [4.78, 5) is 13.6. The summed E-state index contributed by atoms with van der Waals surface area (Å²) in [6.07, 6.45) is 7.30. The van der Waals surface area contributed by atoms with Gasteiger partial charge in [0.1, 0.15) is 11.4 Å². The van der Waals surface area contributed by atoms with Crippen molar-refractivity contribution in [3.8, 4) is 5.75 Å². The van der Waals surface area contributed by atoms with Crippen molar-refractivity contribution in [1.82, 2.24) is 4.90 Å². The van der Waals surface area contributed by atoms with Gasteiger partial charge in [-0.25, -0.2) is 0 Å². The Morgan fingerprint density at radius 2 is 1.61 bits per heavy atom. The van der Waals surface area contributed by atoms with E-state index in [9.17, 15) is 9.90 Å². The van der Waals surface area contributed by atoms with Crippen molar-refractivity contribution in [2.24, 2.45) is 5.92 Å². The lowest BCUT2D eigenvalue weighted by Gasteiger charge is -2.38. The number of carboxylic acids is 1. The van der Waals surface area contributed by atoms with Crippen LogP contribution >= 0.6 is 0 Å². The highest BCUT2D eigenvalue weighted by atomic mass is 16.5. The molecule has 5 rings (SSSR count). The van der Waals surface area contributed by atoms with Crippen molar-refractivity contribution >= 4 is 16.7 Å². The van der Waals surface area contributed by atoms with Crippen molar-refractivity contribution in [2.75, 3.05) is 13.1 Å². The first-order chi connectivity index (χ1) is 16.1. The Labute approximate surface area is 196 Å². The Hall–Kier alpha value is -2.85. The molecule has 0 atom stereocenters. The van der Waals surface area contributed by atoms with E-state index in [-0.39, 0.29) is 11.5 Å². The number of hydrogen-bond acceptors (Lipinski definition) is 3. The third-order valence-corrected chi connectivity index (χ3v) is 7.49. The van der Waals surface area contributed by atoms with Crippen LogP contribution in [0, 0.1) is 5.92 Å². The van der Waals surface area contributed by atoms with Crippen molar-refractivity contribution in [3.63, 3.8) is 0 Å². The van der Waals surface area contributed by atoms with E-state index in [1.54, 1.807) is 0 Å². The smallest absolute Gasteiger partial charge is 0.306 e. The maximum absolute atomic E-state index is 11.2. The summed E-state index contributed by atoms with van der Waals surface area (Å²) in [5.41, 5.74) is 2.33. The van der Waals surface area contributed by atoms with E-state index in [1.807, 2.05) is 0 Å². The Balaban J connectivity index is 1.31. The van der Waals surface area contributed by atoms with Gasteiger partial charge in [-0.05, 0) is 91.7 Å². The van der Waals surface area contributed by atoms with Gasteiger partial charge in [-0.2, -0.15) is 0 Å². The summed E-state index contributed by atoms with van der Waals surface area (Å²) < 4.78 is 6.76. The third-order valence-electron chi connectivity index (χ3n) is 7.49. The van der Waals surface area contributed by atoms with Crippen LogP contribution in [0.2, 0.25) is 0 Å². The second-order valence-electron chi connectivity index (χ2n) is 9.76. The number of ether oxygens (including phenoxy) is 1. The number of aliphatic carboxylic acids is 1. The van der Waals surface area contributed by atoms with Gasteiger partial charge in [-0.3, -0.25) is 9.69 Å². The van der Waals surface area contributed by atoms with E-state index in [4.69, 9.17) is 4.74 Å². The molecular formula is C29H33NO3. The number of hydrogen-bond donors (Lipinski definition) is 1. The molecule has 0 amide bonds. The summed E-state index contributed by atoms with van der Waals surface area (Å²) in [6.45, 7) is 2.57. The zero-order valence-corrected chi connectivity index (χ0v) is 19.2. The SMILES string of the molecule is O=C(O)C1CCN(Cc2ccc3cc(OC4(c5ccccc5)CCCCC4)ccc3c2)CC1. The fourth-order valence-corrected chi connectivity index (χ4v) is 5.57. The van der Waals surface area contributed by atoms with Crippen LogP contribution in [0.5, 0.6) is 5.75 Å². The topological polar surface area (TPSA) is 49.8 Å². The molecule has 0 radical (unpaired) electrons. The molecule has 0 unspecified atom stereocenters. The predicted molar refractivity (Wildman–Crippen MR) is 131 cm³/mol. The van der Waals surface area contributed by atoms with Crippen molar-refractivity contribution in [2.45, 2.75) is 57.1 Å². The first kappa shape index (κ1) is 22.0. The molecule has 2 aliphatic rings. The molecule has 1 aliphatic heterocycles. The van der Waals surface area contributed by atoms with Gasteiger partial charge in [0.25, 0.3) is 0 Å². The largest absolute Gasteiger partial charge is 0.483 e. The summed E-state index contributed by atoms with van der Waals surface area (Å²) in [5.74, 6) is 0.108. The van der Waals surface area contributed by atoms with Crippen molar-refractivity contribution in [1.29, 1.82) is 0 Å². The Morgan fingerprint density at radius 3 is 2.33 bits per heavy atom. The Kier molecular flexibility index (Phi) is 6.37. The minimum absolute atomic E-state index is 0.181. The maximum Gasteiger partial charge on any atom is 0.306 e. The fraction of sp³-hybridized carbons (Fsp3) is 0.414. The molecule has 1 saturated heterocycles. The lowest BCUT2D eigenvalue weighted by molar-refractivity contribution is -0.143. The number of likely N-dealkylation sites (tertiary alicyclic amines) is 1. The van der Waals surface area contributed by atoms with Gasteiger partial charge in [0.2, 0.25) is 0 Å². The van der Waals surface area contributed by atoms with Crippen LogP contribution in [0.25, 0.3) is 10.8 Å². The molecular weight excluding hydrogens is 410 g/mol. The molecule has 2 fully saturated rings. The number of nitrogens with zero attached hydrogens (tertiary/aromatic N) is 1. The number of carbonyl (C=O) groups is 1. The highest BCUT2D eigenvalue weighted by Crippen LogP contribution is 2.41. The van der Waals surface area contributed by atoms with Crippen LogP contribution in [0.4, 0.5) is 0 Å². The monoisotopic (exact) mass is 443 g/mol. The molecule has 4 nitrogen and oxygen atoms in total. The summed E-state index contributed by atoms with van der Waals surface area (Å²) in [6, 6.07) is 23.8. The van der Waals surface area contributed by atoms with Crippen LogP contribution in [-0.4, -0.2) is 29.1 Å². The lowest BCUT2D eigenvalue weighted by Crippen LogP contribution is -2.35. The van der Waals surface area contributed by atoms with Crippen molar-refractivity contribution in [3.05, 3.63) is 77.9 Å². The highest BCUT2D eigenvalue weighted by molar-refractivity contribution is 5.84. The molecule has 172 valence electrons. The zero-order chi connectivity index (χ0) is 22.7. The van der Waals surface area contributed by atoms with Gasteiger partial charge < -0.3 is 9.84 Å². The molecule has 3 aromatic carbocycles. The van der Waals surface area contributed by atoms with E-state index < -0.39 is 5.97 Å². The second-order valence-corrected chi connectivity index (χ2v) is 9.76. The quantitative estimate of drug-likeness (QED) is 0.481. The maximum atomic E-state index is 11.2. The number of fused-ring (bicyclic) bond motifs is 1. The highest BCUT2D eigenvalue weighted by Gasteiger charge is 2.36. The van der Waals surface area contributed by atoms with Crippen LogP contribution in [0.1, 0.15) is 56.1 Å². The molecule has 0 aromatic heterocycles. The average molecular weight is 444 g/mol. The van der Waals surface area contributed by atoms with Crippen LogP contribution in [0.15, 0.2) is 66.7 Å². The molecule has 0 bridgehead atoms. The molecule has 4 heteroatoms. The molecule has 0 spiro atoms. The molecule has 1 heterocycles. The van der Waals surface area contributed by atoms with Gasteiger partial charge in [0.05, 0.1) is 5.92 Å². The molecule has 1 saturated carbocycles. The number of piperidine rings is 1. The third kappa shape index (κ3) is 4.91. The summed E-state index contributed by atoms with van der Waals surface area (Å²) >= 11 is 0. The van der Waals surface area contributed by atoms with Gasteiger partial charge in [-0.1, -0.05) is 55.0 Å². The minimum atomic E-state index is -0.652. The first-order valence-electron chi connectivity index (χ1n) is 12.3. The summed E-state index contributed by atoms with van der Waals surface area (Å²) in [7, 11) is 0. The van der Waals surface area contributed by atoms with Gasteiger partial charge in [0, 0.05) is 6.54 Å². The predicted octanol–water partition coefficient (Wildman–Crippen LogP) is 6.37.